The third-order valence-electron chi connectivity index (χ3n) is 6.14. The van der Waals surface area contributed by atoms with Crippen LogP contribution in [0, 0.1) is 0 Å². The number of rotatable bonds is 10. The second-order valence-electron chi connectivity index (χ2n) is 8.39. The Hall–Kier alpha value is -2.52. The number of aromatic nitrogens is 3. The number of para-hydroxylation sites is 1. The summed E-state index contributed by atoms with van der Waals surface area (Å²) in [5.41, 5.74) is 0.833. The highest BCUT2D eigenvalue weighted by Crippen LogP contribution is 2.21. The maximum absolute atomic E-state index is 12.9. The Bertz CT molecular complexity index is 1110. The maximum atomic E-state index is 12.9. The van der Waals surface area contributed by atoms with Crippen LogP contribution in [0.2, 0.25) is 5.02 Å². The van der Waals surface area contributed by atoms with Crippen LogP contribution in [0.1, 0.15) is 25.4 Å². The Morgan fingerprint density at radius 3 is 2.49 bits per heavy atom. The van der Waals surface area contributed by atoms with E-state index < -0.39 is 6.23 Å². The number of aliphatic hydroxyl groups is 1. The average Bonchev–Trinajstić information content (AvgIpc) is 3.19. The van der Waals surface area contributed by atoms with E-state index in [-0.39, 0.29) is 18.1 Å². The minimum Gasteiger partial charge on any atom is -0.492 e. The number of halogens is 2. The number of anilines is 1. The first kappa shape index (κ1) is 27.1. The standard InChI is InChI=1S/C25H32ClN5O3.ClH/c1-2-23-27-31(25(33)30(23)17-18-34-22-9-4-3-5-10-22)24(32)11-12-28-13-15-29(16-14-28)21-8-6-7-20(26)19-21;/h3-10,19,24,32H,2,11-18H2,1H3;1H/t24-;/m1./s1. The molecule has 10 heteroatoms. The molecule has 0 amide bonds. The Kier molecular flexibility index (Phi) is 10.0. The summed E-state index contributed by atoms with van der Waals surface area (Å²) in [5.74, 6) is 1.41. The van der Waals surface area contributed by atoms with Crippen molar-refractivity contribution >= 4 is 29.7 Å². The zero-order chi connectivity index (χ0) is 23.9. The molecule has 2 aromatic carbocycles. The Morgan fingerprint density at radius 1 is 1.06 bits per heavy atom. The number of benzene rings is 2. The quantitative estimate of drug-likeness (QED) is 0.440. The van der Waals surface area contributed by atoms with Gasteiger partial charge in [-0.15, -0.1) is 12.4 Å². The molecular formula is C25H33Cl2N5O3. The van der Waals surface area contributed by atoms with Gasteiger partial charge in [0.25, 0.3) is 0 Å². The van der Waals surface area contributed by atoms with E-state index in [4.69, 9.17) is 16.3 Å². The molecule has 1 aliphatic rings. The molecule has 8 nitrogen and oxygen atoms in total. The molecule has 0 spiro atoms. The molecule has 1 atom stereocenters. The van der Waals surface area contributed by atoms with Gasteiger partial charge in [0.2, 0.25) is 0 Å². The molecule has 1 N–H and O–H groups in total. The molecule has 0 aliphatic carbocycles. The summed E-state index contributed by atoms with van der Waals surface area (Å²) >= 11 is 6.12. The normalized spacial score (nSPS) is 15.0. The van der Waals surface area contributed by atoms with E-state index in [1.807, 2.05) is 55.5 Å². The Balaban J connectivity index is 0.00000342. The molecule has 0 bridgehead atoms. The van der Waals surface area contributed by atoms with Crippen LogP contribution in [0.3, 0.4) is 0 Å². The Labute approximate surface area is 217 Å². The van der Waals surface area contributed by atoms with Crippen molar-refractivity contribution in [2.45, 2.75) is 32.5 Å². The molecule has 0 saturated carbocycles. The van der Waals surface area contributed by atoms with Gasteiger partial charge in [0.15, 0.2) is 6.23 Å². The molecule has 0 unspecified atom stereocenters. The van der Waals surface area contributed by atoms with Gasteiger partial charge in [0.1, 0.15) is 18.2 Å². The molecule has 3 aromatic rings. The summed E-state index contributed by atoms with van der Waals surface area (Å²) in [7, 11) is 0. The van der Waals surface area contributed by atoms with Gasteiger partial charge in [-0.2, -0.15) is 9.78 Å². The first-order valence-corrected chi connectivity index (χ1v) is 12.2. The minimum atomic E-state index is -0.958. The van der Waals surface area contributed by atoms with Crippen molar-refractivity contribution in [3.05, 3.63) is 75.9 Å². The SMILES string of the molecule is CCc1nn([C@H](O)CCN2CCN(c3cccc(Cl)c3)CC2)c(=O)n1CCOc1ccccc1.Cl. The van der Waals surface area contributed by atoms with E-state index in [1.165, 1.54) is 4.68 Å². The molecule has 35 heavy (non-hydrogen) atoms. The smallest absolute Gasteiger partial charge is 0.348 e. The molecule has 1 aromatic heterocycles. The van der Waals surface area contributed by atoms with Crippen LogP contribution in [0.5, 0.6) is 5.75 Å². The van der Waals surface area contributed by atoms with Crippen LogP contribution in [0.4, 0.5) is 5.69 Å². The molecule has 1 fully saturated rings. The Morgan fingerprint density at radius 2 is 1.80 bits per heavy atom. The van der Waals surface area contributed by atoms with Gasteiger partial charge in [0.05, 0.1) is 6.54 Å². The lowest BCUT2D eigenvalue weighted by atomic mass is 10.2. The molecule has 190 valence electrons. The molecule has 4 rings (SSSR count). The van der Waals surface area contributed by atoms with Gasteiger partial charge < -0.3 is 14.7 Å². The third-order valence-corrected chi connectivity index (χ3v) is 6.37. The lowest BCUT2D eigenvalue weighted by Gasteiger charge is -2.36. The topological polar surface area (TPSA) is 75.8 Å². The van der Waals surface area contributed by atoms with Gasteiger partial charge in [-0.25, -0.2) is 4.79 Å². The van der Waals surface area contributed by atoms with Crippen molar-refractivity contribution in [2.75, 3.05) is 44.2 Å². The number of aryl methyl sites for hydroxylation is 1. The summed E-state index contributed by atoms with van der Waals surface area (Å²) in [6, 6.07) is 17.4. The molecular weight excluding hydrogens is 489 g/mol. The highest BCUT2D eigenvalue weighted by atomic mass is 35.5. The lowest BCUT2D eigenvalue weighted by Crippen LogP contribution is -2.47. The van der Waals surface area contributed by atoms with Gasteiger partial charge in [-0.05, 0) is 30.3 Å². The third kappa shape index (κ3) is 7.01. The number of hydrogen-bond acceptors (Lipinski definition) is 6. The van der Waals surface area contributed by atoms with Crippen molar-refractivity contribution in [1.82, 2.24) is 19.2 Å². The minimum absolute atomic E-state index is 0. The van der Waals surface area contributed by atoms with E-state index in [0.29, 0.717) is 38.4 Å². The van der Waals surface area contributed by atoms with Gasteiger partial charge in [0, 0.05) is 56.3 Å². The number of aliphatic hydroxyl groups excluding tert-OH is 1. The predicted molar refractivity (Wildman–Crippen MR) is 141 cm³/mol. The molecule has 1 aliphatic heterocycles. The van der Waals surface area contributed by atoms with Gasteiger partial charge in [-0.3, -0.25) is 9.47 Å². The molecule has 1 saturated heterocycles. The lowest BCUT2D eigenvalue weighted by molar-refractivity contribution is 0.0628. The highest BCUT2D eigenvalue weighted by Gasteiger charge is 2.21. The fraction of sp³-hybridized carbons (Fsp3) is 0.440. The van der Waals surface area contributed by atoms with Crippen LogP contribution >= 0.6 is 24.0 Å². The van der Waals surface area contributed by atoms with Crippen LogP contribution in [-0.2, 0) is 13.0 Å². The predicted octanol–water partition coefficient (Wildman–Crippen LogP) is 3.46. The number of nitrogens with zero attached hydrogens (tertiary/aromatic N) is 5. The highest BCUT2D eigenvalue weighted by molar-refractivity contribution is 6.30. The zero-order valence-corrected chi connectivity index (χ0v) is 21.5. The fourth-order valence-electron chi connectivity index (χ4n) is 4.23. The van der Waals surface area contributed by atoms with E-state index >= 15 is 0 Å². The van der Waals surface area contributed by atoms with E-state index in [2.05, 4.69) is 21.0 Å². The van der Waals surface area contributed by atoms with Crippen molar-refractivity contribution in [3.8, 4) is 5.75 Å². The van der Waals surface area contributed by atoms with Crippen molar-refractivity contribution in [3.63, 3.8) is 0 Å². The average molecular weight is 522 g/mol. The number of piperazine rings is 1. The van der Waals surface area contributed by atoms with Crippen molar-refractivity contribution < 1.29 is 9.84 Å². The summed E-state index contributed by atoms with van der Waals surface area (Å²) < 4.78 is 8.54. The van der Waals surface area contributed by atoms with Crippen LogP contribution in [0.15, 0.2) is 59.4 Å². The van der Waals surface area contributed by atoms with E-state index in [9.17, 15) is 9.90 Å². The summed E-state index contributed by atoms with van der Waals surface area (Å²) in [6.45, 7) is 6.96. The van der Waals surface area contributed by atoms with E-state index in [0.717, 1.165) is 42.6 Å². The van der Waals surface area contributed by atoms with Crippen molar-refractivity contribution in [2.24, 2.45) is 0 Å². The van der Waals surface area contributed by atoms with Crippen LogP contribution in [0.25, 0.3) is 0 Å². The van der Waals surface area contributed by atoms with Gasteiger partial charge >= 0.3 is 5.69 Å². The fourth-order valence-corrected chi connectivity index (χ4v) is 4.41. The monoisotopic (exact) mass is 521 g/mol. The second kappa shape index (κ2) is 13.0. The van der Waals surface area contributed by atoms with Crippen molar-refractivity contribution in [1.29, 1.82) is 0 Å². The summed E-state index contributed by atoms with van der Waals surface area (Å²) in [6.07, 6.45) is 0.0869. The van der Waals surface area contributed by atoms with Gasteiger partial charge in [-0.1, -0.05) is 42.8 Å². The largest absolute Gasteiger partial charge is 0.492 e. The summed E-state index contributed by atoms with van der Waals surface area (Å²) in [4.78, 5) is 17.5. The second-order valence-corrected chi connectivity index (χ2v) is 8.82. The van der Waals surface area contributed by atoms with E-state index in [1.54, 1.807) is 4.57 Å². The van der Waals surface area contributed by atoms with Crippen LogP contribution < -0.4 is 15.3 Å². The van der Waals surface area contributed by atoms with Crippen LogP contribution in [-0.4, -0.2) is 63.7 Å². The molecule has 0 radical (unpaired) electrons. The first-order valence-electron chi connectivity index (χ1n) is 11.8. The first-order chi connectivity index (χ1) is 16.5. The molecule has 2 heterocycles. The number of hydrogen-bond donors (Lipinski definition) is 1. The summed E-state index contributed by atoms with van der Waals surface area (Å²) in [5, 5.41) is 15.9. The number of ether oxygens (including phenoxy) is 1. The zero-order valence-electron chi connectivity index (χ0n) is 19.9. The maximum Gasteiger partial charge on any atom is 0.348 e.